The fraction of sp³-hybridized carbons (Fsp3) is 0.382. The number of nitrogens with zero attached hydrogens (tertiary/aromatic N) is 3. The molecule has 0 saturated carbocycles. The van der Waals surface area contributed by atoms with E-state index in [4.69, 9.17) is 25.8 Å². The minimum atomic E-state index is -4.72. The molecule has 2 aliphatic rings. The predicted molar refractivity (Wildman–Crippen MR) is 178 cm³/mol. The van der Waals surface area contributed by atoms with Gasteiger partial charge in [-0.25, -0.2) is 12.7 Å². The second-order valence-corrected chi connectivity index (χ2v) is 14.7. The molecule has 0 spiro atoms. The number of para-hydroxylation sites is 1. The van der Waals surface area contributed by atoms with Crippen molar-refractivity contribution in [2.45, 2.75) is 36.7 Å². The van der Waals surface area contributed by atoms with E-state index in [-0.39, 0.29) is 57.1 Å². The van der Waals surface area contributed by atoms with Crippen molar-refractivity contribution in [1.82, 2.24) is 9.80 Å². The molecule has 3 aromatic rings. The van der Waals surface area contributed by atoms with E-state index in [2.05, 4.69) is 0 Å². The van der Waals surface area contributed by atoms with Crippen molar-refractivity contribution in [3.8, 4) is 17.2 Å². The predicted octanol–water partition coefficient (Wildman–Crippen LogP) is 4.23. The molecule has 2 aliphatic heterocycles. The lowest BCUT2D eigenvalue weighted by atomic mass is 9.77. The van der Waals surface area contributed by atoms with Gasteiger partial charge in [0.2, 0.25) is 5.91 Å². The number of methoxy groups -OCH3 is 3. The van der Waals surface area contributed by atoms with E-state index >= 15 is 4.79 Å². The highest BCUT2D eigenvalue weighted by molar-refractivity contribution is 7.93. The van der Waals surface area contributed by atoms with Gasteiger partial charge >= 0.3 is 5.97 Å². The summed E-state index contributed by atoms with van der Waals surface area (Å²) in [5, 5.41) is 10.4. The van der Waals surface area contributed by atoms with Gasteiger partial charge in [0, 0.05) is 42.9 Å². The van der Waals surface area contributed by atoms with Crippen LogP contribution in [0.3, 0.4) is 0 Å². The van der Waals surface area contributed by atoms with E-state index in [9.17, 15) is 23.1 Å². The molecule has 48 heavy (non-hydrogen) atoms. The number of likely N-dealkylation sites (tertiary alicyclic amines) is 1. The molecule has 2 amide bonds. The first kappa shape index (κ1) is 35.0. The van der Waals surface area contributed by atoms with Gasteiger partial charge in [0.1, 0.15) is 22.1 Å². The number of likely N-dealkylation sites (N-methyl/N-ethyl adjacent to an activating group) is 1. The Morgan fingerprint density at radius 2 is 1.62 bits per heavy atom. The largest absolute Gasteiger partial charge is 0.497 e. The standard InChI is InChI=1S/C34H38ClN3O9S/c1-33(2,32(41)42)20-16-26(30(39)36(3)4)37(19-20)34(23-10-8-9-11-27(23)46-6)24-17-21(35)12-14-25(24)38(31(34)40)48(43,44)29-15-13-22(45-5)18-28(29)47-7/h8-15,17-18,20,26H,16,19H2,1-7H3,(H,41,42)/t20-,26-,34-/m0/s1. The van der Waals surface area contributed by atoms with Gasteiger partial charge in [0.15, 0.2) is 5.54 Å². The summed E-state index contributed by atoms with van der Waals surface area (Å²) in [6.45, 7) is 3.09. The first-order chi connectivity index (χ1) is 22.6. The van der Waals surface area contributed by atoms with Gasteiger partial charge in [-0.3, -0.25) is 19.3 Å². The van der Waals surface area contributed by atoms with E-state index in [0.29, 0.717) is 10.1 Å². The zero-order valence-electron chi connectivity index (χ0n) is 27.7. The average molecular weight is 700 g/mol. The lowest BCUT2D eigenvalue weighted by molar-refractivity contribution is -0.150. The average Bonchev–Trinajstić information content (AvgIpc) is 3.61. The summed E-state index contributed by atoms with van der Waals surface area (Å²) in [5.74, 6) is -2.49. The van der Waals surface area contributed by atoms with Crippen LogP contribution in [0.4, 0.5) is 5.69 Å². The number of carboxylic acids is 1. The second kappa shape index (κ2) is 12.6. The Morgan fingerprint density at radius 1 is 0.958 bits per heavy atom. The van der Waals surface area contributed by atoms with Crippen molar-refractivity contribution in [2.75, 3.05) is 46.3 Å². The Bertz CT molecular complexity index is 1900. The summed E-state index contributed by atoms with van der Waals surface area (Å²) in [7, 11) is 2.57. The van der Waals surface area contributed by atoms with Crippen LogP contribution in [0, 0.1) is 11.3 Å². The molecule has 1 N–H and O–H groups in total. The molecule has 5 rings (SSSR count). The first-order valence-corrected chi connectivity index (χ1v) is 16.9. The third kappa shape index (κ3) is 5.24. The number of fused-ring (bicyclic) bond motifs is 1. The van der Waals surface area contributed by atoms with E-state index in [1.807, 2.05) is 0 Å². The molecule has 0 unspecified atom stereocenters. The van der Waals surface area contributed by atoms with Crippen LogP contribution >= 0.6 is 11.6 Å². The van der Waals surface area contributed by atoms with E-state index in [1.54, 1.807) is 57.1 Å². The van der Waals surface area contributed by atoms with Crippen LogP contribution in [0.15, 0.2) is 65.6 Å². The van der Waals surface area contributed by atoms with Gasteiger partial charge < -0.3 is 24.2 Å². The van der Waals surface area contributed by atoms with Crippen molar-refractivity contribution in [2.24, 2.45) is 11.3 Å². The van der Waals surface area contributed by atoms with Gasteiger partial charge in [0.25, 0.3) is 15.9 Å². The quantitative estimate of drug-likeness (QED) is 0.327. The molecule has 12 nitrogen and oxygen atoms in total. The lowest BCUT2D eigenvalue weighted by Gasteiger charge is -2.42. The van der Waals surface area contributed by atoms with Gasteiger partial charge in [-0.2, -0.15) is 0 Å². The molecule has 256 valence electrons. The summed E-state index contributed by atoms with van der Waals surface area (Å²) in [6, 6.07) is 14.2. The van der Waals surface area contributed by atoms with Crippen LogP contribution < -0.4 is 18.5 Å². The Balaban J connectivity index is 1.88. The molecule has 3 atom stereocenters. The third-order valence-electron chi connectivity index (χ3n) is 9.48. The maximum Gasteiger partial charge on any atom is 0.309 e. The number of aliphatic carboxylic acids is 1. The van der Waals surface area contributed by atoms with Gasteiger partial charge in [-0.15, -0.1) is 0 Å². The number of benzene rings is 3. The Hall–Kier alpha value is -4.33. The molecule has 3 aromatic carbocycles. The van der Waals surface area contributed by atoms with Gasteiger partial charge in [-0.05, 0) is 62.6 Å². The molecule has 1 fully saturated rings. The molecule has 0 aromatic heterocycles. The number of amides is 2. The number of carbonyl (C=O) groups excluding carboxylic acids is 2. The van der Waals surface area contributed by atoms with Crippen LogP contribution in [-0.4, -0.2) is 89.1 Å². The normalized spacial score (nSPS) is 21.2. The molecule has 0 radical (unpaired) electrons. The molecule has 1 saturated heterocycles. The third-order valence-corrected chi connectivity index (χ3v) is 11.4. The fourth-order valence-electron chi connectivity index (χ4n) is 6.74. The number of hydrogen-bond acceptors (Lipinski definition) is 9. The monoisotopic (exact) mass is 699 g/mol. The molecular weight excluding hydrogens is 662 g/mol. The van der Waals surface area contributed by atoms with Crippen LogP contribution in [0.25, 0.3) is 0 Å². The number of anilines is 1. The van der Waals surface area contributed by atoms with Crippen molar-refractivity contribution in [3.63, 3.8) is 0 Å². The van der Waals surface area contributed by atoms with Crippen LogP contribution in [0.5, 0.6) is 17.2 Å². The lowest BCUT2D eigenvalue weighted by Crippen LogP contribution is -2.59. The smallest absolute Gasteiger partial charge is 0.309 e. The van der Waals surface area contributed by atoms with Crippen LogP contribution in [0.2, 0.25) is 5.02 Å². The zero-order chi connectivity index (χ0) is 35.3. The minimum Gasteiger partial charge on any atom is -0.497 e. The van der Waals surface area contributed by atoms with Gasteiger partial charge in [-0.1, -0.05) is 29.8 Å². The summed E-state index contributed by atoms with van der Waals surface area (Å²) < 4.78 is 46.7. The van der Waals surface area contributed by atoms with Crippen molar-refractivity contribution in [1.29, 1.82) is 0 Å². The summed E-state index contributed by atoms with van der Waals surface area (Å²) in [6.07, 6.45) is 0.0788. The summed E-state index contributed by atoms with van der Waals surface area (Å²) >= 11 is 6.60. The van der Waals surface area contributed by atoms with Crippen LogP contribution in [0.1, 0.15) is 31.4 Å². The van der Waals surface area contributed by atoms with E-state index in [0.717, 1.165) is 0 Å². The summed E-state index contributed by atoms with van der Waals surface area (Å²) in [5.41, 5.74) is -2.89. The number of hydrogen-bond donors (Lipinski definition) is 1. The van der Waals surface area contributed by atoms with E-state index in [1.165, 1.54) is 62.6 Å². The Kier molecular flexibility index (Phi) is 9.19. The summed E-state index contributed by atoms with van der Waals surface area (Å²) in [4.78, 5) is 44.8. The SMILES string of the molecule is COc1ccc(S(=O)(=O)N2C(=O)[C@@](c3ccccc3OC)(N3C[C@@H](C(C)(C)C(=O)O)C[C@H]3C(=O)N(C)C)c3cc(Cl)ccc32)c(OC)c1. The molecule has 0 aliphatic carbocycles. The second-order valence-electron chi connectivity index (χ2n) is 12.5. The maximum absolute atomic E-state index is 15.5. The molecule has 2 heterocycles. The van der Waals surface area contributed by atoms with Gasteiger partial charge in [0.05, 0.1) is 38.5 Å². The molecular formula is C34H38ClN3O9S. The number of carbonyl (C=O) groups is 3. The van der Waals surface area contributed by atoms with Crippen molar-refractivity contribution < 1.29 is 42.1 Å². The first-order valence-electron chi connectivity index (χ1n) is 15.1. The highest BCUT2D eigenvalue weighted by Crippen LogP contribution is 2.56. The Labute approximate surface area is 284 Å². The maximum atomic E-state index is 15.5. The molecule has 14 heteroatoms. The van der Waals surface area contributed by atoms with E-state index < -0.39 is 44.8 Å². The zero-order valence-corrected chi connectivity index (χ0v) is 29.3. The number of halogens is 1. The highest BCUT2D eigenvalue weighted by Gasteiger charge is 2.65. The van der Waals surface area contributed by atoms with Crippen LogP contribution in [-0.2, 0) is 29.9 Å². The number of rotatable bonds is 10. The highest BCUT2D eigenvalue weighted by atomic mass is 35.5. The number of sulfonamides is 1. The minimum absolute atomic E-state index is 0.00479. The molecule has 0 bridgehead atoms. The Morgan fingerprint density at radius 3 is 2.23 bits per heavy atom. The topological polar surface area (TPSA) is 143 Å². The van der Waals surface area contributed by atoms with Crippen molar-refractivity contribution in [3.05, 3.63) is 76.8 Å². The number of ether oxygens (including phenoxy) is 3. The fourth-order valence-corrected chi connectivity index (χ4v) is 8.52. The van der Waals surface area contributed by atoms with Crippen molar-refractivity contribution >= 4 is 45.1 Å². The number of carboxylic acid groups (broad SMARTS) is 1.